The summed E-state index contributed by atoms with van der Waals surface area (Å²) in [4.78, 5) is 0.118. The van der Waals surface area contributed by atoms with Crippen molar-refractivity contribution in [1.29, 1.82) is 0 Å². The molecule has 0 aliphatic carbocycles. The molecule has 13 heteroatoms. The van der Waals surface area contributed by atoms with E-state index in [1.54, 1.807) is 0 Å². The van der Waals surface area contributed by atoms with Gasteiger partial charge in [-0.2, -0.15) is 26.3 Å². The lowest BCUT2D eigenvalue weighted by Gasteiger charge is -2.38. The highest BCUT2D eigenvalue weighted by molar-refractivity contribution is 7.91. The molecule has 0 N–H and O–H groups in total. The molecule has 0 aliphatic heterocycles. The molecule has 234 valence electrons. The lowest BCUT2D eigenvalue weighted by Crippen LogP contribution is -2.54. The number of alkyl halides is 6. The zero-order chi connectivity index (χ0) is 32.2. The zero-order valence-corrected chi connectivity index (χ0v) is 24.1. The summed E-state index contributed by atoms with van der Waals surface area (Å²) in [6, 6.07) is 18.6. The Morgan fingerprint density at radius 2 is 0.795 bits per heavy atom. The van der Waals surface area contributed by atoms with Gasteiger partial charge in [0.2, 0.25) is 15.3 Å². The van der Waals surface area contributed by atoms with Crippen molar-refractivity contribution in [3.8, 4) is 23.0 Å². The molecule has 6 nitrogen and oxygen atoms in total. The number of ether oxygens (including phenoxy) is 4. The molecule has 0 saturated heterocycles. The van der Waals surface area contributed by atoms with Gasteiger partial charge in [0.1, 0.15) is 36.2 Å². The average molecular weight is 641 g/mol. The molecule has 44 heavy (non-hydrogen) atoms. The average Bonchev–Trinajstić information content (AvgIpc) is 2.99. The fourth-order valence-corrected chi connectivity index (χ4v) is 5.81. The van der Waals surface area contributed by atoms with Crippen LogP contribution >= 0.6 is 0 Å². The van der Waals surface area contributed by atoms with Crippen LogP contribution in [0.15, 0.2) is 107 Å². The fourth-order valence-electron chi connectivity index (χ4n) is 4.55. The summed E-state index contributed by atoms with van der Waals surface area (Å²) < 4.78 is 132. The Kier molecular flexibility index (Phi) is 9.38. The van der Waals surface area contributed by atoms with E-state index in [0.29, 0.717) is 11.5 Å². The number of hydrogen-bond acceptors (Lipinski definition) is 6. The normalized spacial score (nSPS) is 12.5. The van der Waals surface area contributed by atoms with Crippen LogP contribution in [0.3, 0.4) is 0 Å². The molecule has 0 aliphatic rings. The maximum Gasteiger partial charge on any atom is 0.411 e. The van der Waals surface area contributed by atoms with E-state index in [-0.39, 0.29) is 34.5 Å². The second-order valence-corrected chi connectivity index (χ2v) is 11.3. The van der Waals surface area contributed by atoms with Gasteiger partial charge in [0, 0.05) is 0 Å². The number of hydrogen-bond donors (Lipinski definition) is 0. The molecule has 0 spiro atoms. The van der Waals surface area contributed by atoms with Gasteiger partial charge in [0.25, 0.3) is 0 Å². The molecule has 0 aromatic heterocycles. The largest absolute Gasteiger partial charge is 0.497 e. The highest BCUT2D eigenvalue weighted by atomic mass is 32.2. The predicted molar refractivity (Wildman–Crippen MR) is 148 cm³/mol. The van der Waals surface area contributed by atoms with Crippen molar-refractivity contribution >= 4 is 9.84 Å². The van der Waals surface area contributed by atoms with E-state index >= 15 is 0 Å². The maximum absolute atomic E-state index is 14.3. The number of rotatable bonds is 11. The van der Waals surface area contributed by atoms with Crippen molar-refractivity contribution in [2.75, 3.05) is 27.4 Å². The van der Waals surface area contributed by atoms with Crippen LogP contribution in [0.2, 0.25) is 0 Å². The van der Waals surface area contributed by atoms with E-state index < -0.39 is 38.7 Å². The van der Waals surface area contributed by atoms with Gasteiger partial charge in [-0.1, -0.05) is 24.3 Å². The van der Waals surface area contributed by atoms with Crippen molar-refractivity contribution in [2.24, 2.45) is 0 Å². The van der Waals surface area contributed by atoms with Gasteiger partial charge >= 0.3 is 12.4 Å². The first kappa shape index (κ1) is 32.5. The van der Waals surface area contributed by atoms with Gasteiger partial charge in [0.05, 0.1) is 24.0 Å². The van der Waals surface area contributed by atoms with Crippen molar-refractivity contribution < 1.29 is 53.7 Å². The molecule has 0 atom stereocenters. The van der Waals surface area contributed by atoms with Crippen molar-refractivity contribution in [2.45, 2.75) is 27.6 Å². The van der Waals surface area contributed by atoms with Crippen LogP contribution in [0.5, 0.6) is 23.0 Å². The highest BCUT2D eigenvalue weighted by Crippen LogP contribution is 2.56. The maximum atomic E-state index is 14.3. The number of sulfone groups is 1. The minimum Gasteiger partial charge on any atom is -0.497 e. The van der Waals surface area contributed by atoms with Gasteiger partial charge in [-0.25, -0.2) is 8.42 Å². The monoisotopic (exact) mass is 640 g/mol. The summed E-state index contributed by atoms with van der Waals surface area (Å²) in [6.07, 6.45) is -11.4. The summed E-state index contributed by atoms with van der Waals surface area (Å²) >= 11 is 0. The van der Waals surface area contributed by atoms with Crippen LogP contribution in [-0.4, -0.2) is 48.2 Å². The van der Waals surface area contributed by atoms with Crippen LogP contribution in [0.25, 0.3) is 0 Å². The number of benzene rings is 4. The second kappa shape index (κ2) is 12.7. The van der Waals surface area contributed by atoms with Crippen molar-refractivity contribution in [3.05, 3.63) is 108 Å². The lowest BCUT2D eigenvalue weighted by atomic mass is 9.73. The highest BCUT2D eigenvalue weighted by Gasteiger charge is 2.72. The quantitative estimate of drug-likeness (QED) is 0.126. The molecule has 0 heterocycles. The molecule has 4 aromatic carbocycles. The first-order valence-corrected chi connectivity index (χ1v) is 14.4. The Hall–Kier alpha value is -4.39. The molecular weight excluding hydrogens is 614 g/mol. The van der Waals surface area contributed by atoms with Crippen LogP contribution < -0.4 is 18.9 Å². The van der Waals surface area contributed by atoms with E-state index in [1.165, 1.54) is 62.8 Å². The minimum atomic E-state index is -5.72. The van der Waals surface area contributed by atoms with E-state index in [9.17, 15) is 34.8 Å². The van der Waals surface area contributed by atoms with Crippen LogP contribution in [0.1, 0.15) is 11.1 Å². The predicted octanol–water partition coefficient (Wildman–Crippen LogP) is 7.41. The molecule has 0 amide bonds. The fraction of sp³-hybridized carbons (Fsp3) is 0.226. The second-order valence-electron chi connectivity index (χ2n) is 9.35. The number of methoxy groups -OCH3 is 2. The Morgan fingerprint density at radius 3 is 1.11 bits per heavy atom. The standard InChI is InChI=1S/C31H26F6O6S/c1-40-23-7-3-21(4-8-23)29(30(32,33)34,31(35,36)37)22-5-9-25(10-6-22)42-19-20-43-26-13-17-28(18-14-26)44(38,39)27-15-11-24(41-2)12-16-27/h3-18H,19-20H2,1-2H3. The molecule has 4 aromatic rings. The lowest BCUT2D eigenvalue weighted by molar-refractivity contribution is -0.288. The van der Waals surface area contributed by atoms with Crippen LogP contribution in [-0.2, 0) is 15.3 Å². The van der Waals surface area contributed by atoms with Gasteiger partial charge in [-0.15, -0.1) is 0 Å². The smallest absolute Gasteiger partial charge is 0.411 e. The first-order chi connectivity index (χ1) is 20.7. The topological polar surface area (TPSA) is 71.1 Å². The summed E-state index contributed by atoms with van der Waals surface area (Å²) in [5.74, 6) is 0.950. The SMILES string of the molecule is COc1ccc(C(c2ccc(OCCOc3ccc(S(=O)(=O)c4ccc(OC)cc4)cc3)cc2)(C(F)(F)F)C(F)(F)F)cc1. The van der Waals surface area contributed by atoms with Crippen LogP contribution in [0.4, 0.5) is 26.3 Å². The third-order valence-electron chi connectivity index (χ3n) is 6.79. The molecule has 0 radical (unpaired) electrons. The third kappa shape index (κ3) is 6.42. The summed E-state index contributed by atoms with van der Waals surface area (Å²) in [5, 5.41) is 0. The van der Waals surface area contributed by atoms with Gasteiger partial charge in [-0.05, 0) is 83.9 Å². The Bertz CT molecular complexity index is 1620. The van der Waals surface area contributed by atoms with E-state index in [2.05, 4.69) is 0 Å². The van der Waals surface area contributed by atoms with Gasteiger partial charge in [0.15, 0.2) is 0 Å². The zero-order valence-electron chi connectivity index (χ0n) is 23.3. The van der Waals surface area contributed by atoms with E-state index in [1.807, 2.05) is 0 Å². The molecule has 0 saturated carbocycles. The van der Waals surface area contributed by atoms with Gasteiger partial charge < -0.3 is 18.9 Å². The van der Waals surface area contributed by atoms with E-state index in [0.717, 1.165) is 48.5 Å². The Balaban J connectivity index is 1.42. The molecule has 4 rings (SSSR count). The molecule has 0 fully saturated rings. The van der Waals surface area contributed by atoms with Crippen LogP contribution in [0, 0.1) is 0 Å². The van der Waals surface area contributed by atoms with Crippen molar-refractivity contribution in [3.63, 3.8) is 0 Å². The third-order valence-corrected chi connectivity index (χ3v) is 8.57. The van der Waals surface area contributed by atoms with E-state index in [4.69, 9.17) is 18.9 Å². The summed E-state index contributed by atoms with van der Waals surface area (Å²) in [7, 11) is -1.07. The molecule has 0 unspecified atom stereocenters. The molecular formula is C31H26F6O6S. The Labute approximate surface area is 249 Å². The summed E-state index contributed by atoms with van der Waals surface area (Å²) in [6.45, 7) is -0.152. The minimum absolute atomic E-state index is 0.0197. The number of halogens is 6. The summed E-state index contributed by atoms with van der Waals surface area (Å²) in [5.41, 5.74) is -6.33. The van der Waals surface area contributed by atoms with Crippen molar-refractivity contribution in [1.82, 2.24) is 0 Å². The molecule has 0 bridgehead atoms. The Morgan fingerprint density at radius 1 is 0.500 bits per heavy atom. The first-order valence-electron chi connectivity index (χ1n) is 12.9. The van der Waals surface area contributed by atoms with Gasteiger partial charge in [-0.3, -0.25) is 0 Å².